The zero-order chi connectivity index (χ0) is 16.5. The number of carbonyl (C=O) groups is 2. The minimum Gasteiger partial charge on any atom is -0.348 e. The Morgan fingerprint density at radius 1 is 1.36 bits per heavy atom. The summed E-state index contributed by atoms with van der Waals surface area (Å²) in [5.41, 5.74) is 2.51. The lowest BCUT2D eigenvalue weighted by molar-refractivity contribution is -0.117. The van der Waals surface area contributed by atoms with Crippen molar-refractivity contribution in [3.8, 4) is 6.07 Å². The normalized spacial score (nSPS) is 11.0. The monoisotopic (exact) mass is 299 g/mol. The van der Waals surface area contributed by atoms with Gasteiger partial charge in [0.2, 0.25) is 11.8 Å². The number of hydrogen-bond donors (Lipinski definition) is 2. The predicted molar refractivity (Wildman–Crippen MR) is 85.7 cm³/mol. The standard InChI is InChI=1S/C17H21N3O2/c1-12(2)13(3)9-17(22)19-11-14-5-4-6-15(10-14)20-16(21)7-8-18/h4-6,9-10,12H,7,11H2,1-3H3,(H,19,22)(H,20,21)/b13-9+. The molecule has 1 rings (SSSR count). The highest BCUT2D eigenvalue weighted by molar-refractivity contribution is 5.92. The van der Waals surface area contributed by atoms with Gasteiger partial charge in [0, 0.05) is 18.3 Å². The maximum atomic E-state index is 11.8. The molecule has 2 amide bonds. The average Bonchev–Trinajstić information content (AvgIpc) is 2.45. The third kappa shape index (κ3) is 6.23. The summed E-state index contributed by atoms with van der Waals surface area (Å²) in [5.74, 6) is -0.145. The summed E-state index contributed by atoms with van der Waals surface area (Å²) in [6.45, 7) is 6.37. The first kappa shape index (κ1) is 17.4. The fraction of sp³-hybridized carbons (Fsp3) is 0.353. The number of nitrogens with one attached hydrogen (secondary N) is 2. The number of anilines is 1. The molecule has 0 saturated heterocycles. The molecule has 2 N–H and O–H groups in total. The van der Waals surface area contributed by atoms with Crippen LogP contribution in [-0.2, 0) is 16.1 Å². The van der Waals surface area contributed by atoms with Crippen LogP contribution in [0.25, 0.3) is 0 Å². The predicted octanol–water partition coefficient (Wildman–Crippen LogP) is 2.76. The Morgan fingerprint density at radius 2 is 2.09 bits per heavy atom. The third-order valence-electron chi connectivity index (χ3n) is 3.19. The highest BCUT2D eigenvalue weighted by atomic mass is 16.2. The summed E-state index contributed by atoms with van der Waals surface area (Å²) < 4.78 is 0. The summed E-state index contributed by atoms with van der Waals surface area (Å²) in [5, 5.41) is 13.9. The first-order valence-corrected chi connectivity index (χ1v) is 7.14. The topological polar surface area (TPSA) is 82.0 Å². The second-order valence-corrected chi connectivity index (χ2v) is 5.34. The van der Waals surface area contributed by atoms with E-state index in [0.717, 1.165) is 11.1 Å². The van der Waals surface area contributed by atoms with Gasteiger partial charge in [-0.15, -0.1) is 0 Å². The second kappa shape index (κ2) is 8.63. The smallest absolute Gasteiger partial charge is 0.244 e. The van der Waals surface area contributed by atoms with E-state index in [-0.39, 0.29) is 18.2 Å². The number of nitriles is 1. The lowest BCUT2D eigenvalue weighted by atomic mass is 10.1. The maximum Gasteiger partial charge on any atom is 0.244 e. The van der Waals surface area contributed by atoms with Crippen LogP contribution in [-0.4, -0.2) is 11.8 Å². The van der Waals surface area contributed by atoms with Crippen LogP contribution in [0, 0.1) is 17.2 Å². The molecule has 116 valence electrons. The second-order valence-electron chi connectivity index (χ2n) is 5.34. The largest absolute Gasteiger partial charge is 0.348 e. The molecule has 0 fully saturated rings. The fourth-order valence-electron chi connectivity index (χ4n) is 1.65. The molecule has 5 heteroatoms. The molecule has 0 aliphatic carbocycles. The Bertz CT molecular complexity index is 613. The van der Waals surface area contributed by atoms with E-state index in [4.69, 9.17) is 5.26 Å². The molecule has 1 aromatic carbocycles. The van der Waals surface area contributed by atoms with Gasteiger partial charge < -0.3 is 10.6 Å². The van der Waals surface area contributed by atoms with Crippen molar-refractivity contribution in [2.75, 3.05) is 5.32 Å². The van der Waals surface area contributed by atoms with Gasteiger partial charge in [0.25, 0.3) is 0 Å². The van der Waals surface area contributed by atoms with Crippen LogP contribution in [0.1, 0.15) is 32.8 Å². The van der Waals surface area contributed by atoms with Crippen molar-refractivity contribution in [1.82, 2.24) is 5.32 Å². The van der Waals surface area contributed by atoms with E-state index < -0.39 is 0 Å². The Labute approximate surface area is 131 Å². The molecular formula is C17H21N3O2. The zero-order valence-electron chi connectivity index (χ0n) is 13.1. The van der Waals surface area contributed by atoms with Gasteiger partial charge in [0.1, 0.15) is 6.42 Å². The molecule has 22 heavy (non-hydrogen) atoms. The lowest BCUT2D eigenvalue weighted by Gasteiger charge is -2.08. The molecule has 0 radical (unpaired) electrons. The summed E-state index contributed by atoms with van der Waals surface area (Å²) in [6.07, 6.45) is 1.42. The molecule has 0 bridgehead atoms. The summed E-state index contributed by atoms with van der Waals surface area (Å²) in [6, 6.07) is 8.96. The molecule has 1 aromatic rings. The molecule has 0 heterocycles. The Balaban J connectivity index is 2.60. The number of carbonyl (C=O) groups excluding carboxylic acids is 2. The van der Waals surface area contributed by atoms with E-state index in [1.54, 1.807) is 30.3 Å². The van der Waals surface area contributed by atoms with E-state index in [1.807, 2.05) is 26.8 Å². The molecule has 0 saturated carbocycles. The number of benzene rings is 1. The molecular weight excluding hydrogens is 278 g/mol. The van der Waals surface area contributed by atoms with Crippen LogP contribution in [0.3, 0.4) is 0 Å². The van der Waals surface area contributed by atoms with E-state index >= 15 is 0 Å². The van der Waals surface area contributed by atoms with Crippen LogP contribution in [0.4, 0.5) is 5.69 Å². The van der Waals surface area contributed by atoms with E-state index in [1.165, 1.54) is 0 Å². The minimum absolute atomic E-state index is 0.134. The van der Waals surface area contributed by atoms with Gasteiger partial charge in [-0.05, 0) is 30.5 Å². The van der Waals surface area contributed by atoms with Crippen molar-refractivity contribution in [3.05, 3.63) is 41.5 Å². The Hall–Kier alpha value is -2.61. The SMILES string of the molecule is C/C(=C\C(=O)NCc1cccc(NC(=O)CC#N)c1)C(C)C. The quantitative estimate of drug-likeness (QED) is 0.792. The van der Waals surface area contributed by atoms with Crippen molar-refractivity contribution < 1.29 is 9.59 Å². The highest BCUT2D eigenvalue weighted by Gasteiger charge is 2.04. The summed E-state index contributed by atoms with van der Waals surface area (Å²) >= 11 is 0. The van der Waals surface area contributed by atoms with Crippen molar-refractivity contribution in [2.45, 2.75) is 33.7 Å². The lowest BCUT2D eigenvalue weighted by Crippen LogP contribution is -2.21. The van der Waals surface area contributed by atoms with Crippen molar-refractivity contribution >= 4 is 17.5 Å². The van der Waals surface area contributed by atoms with Crippen LogP contribution in [0.5, 0.6) is 0 Å². The summed E-state index contributed by atoms with van der Waals surface area (Å²) in [4.78, 5) is 23.1. The number of hydrogen-bond acceptors (Lipinski definition) is 3. The van der Waals surface area contributed by atoms with Crippen molar-refractivity contribution in [1.29, 1.82) is 5.26 Å². The van der Waals surface area contributed by atoms with Gasteiger partial charge in [-0.1, -0.05) is 31.6 Å². The van der Waals surface area contributed by atoms with Gasteiger partial charge in [0.05, 0.1) is 6.07 Å². The van der Waals surface area contributed by atoms with Gasteiger partial charge >= 0.3 is 0 Å². The molecule has 0 aromatic heterocycles. The Kier molecular flexibility index (Phi) is 6.84. The van der Waals surface area contributed by atoms with Crippen LogP contribution in [0.15, 0.2) is 35.9 Å². The first-order valence-electron chi connectivity index (χ1n) is 7.14. The van der Waals surface area contributed by atoms with E-state index in [9.17, 15) is 9.59 Å². The van der Waals surface area contributed by atoms with Crippen LogP contribution in [0.2, 0.25) is 0 Å². The minimum atomic E-state index is -0.348. The molecule has 5 nitrogen and oxygen atoms in total. The molecule has 0 unspecified atom stereocenters. The first-order chi connectivity index (χ1) is 10.4. The fourth-order valence-corrected chi connectivity index (χ4v) is 1.65. The molecule has 0 spiro atoms. The van der Waals surface area contributed by atoms with E-state index in [2.05, 4.69) is 10.6 Å². The molecule has 0 aliphatic heterocycles. The number of rotatable bonds is 6. The van der Waals surface area contributed by atoms with Gasteiger partial charge in [-0.25, -0.2) is 0 Å². The Morgan fingerprint density at radius 3 is 2.73 bits per heavy atom. The average molecular weight is 299 g/mol. The van der Waals surface area contributed by atoms with Crippen LogP contribution >= 0.6 is 0 Å². The van der Waals surface area contributed by atoms with Crippen LogP contribution < -0.4 is 10.6 Å². The molecule has 0 aliphatic rings. The number of allylic oxidation sites excluding steroid dienone is 1. The summed E-state index contributed by atoms with van der Waals surface area (Å²) in [7, 11) is 0. The van der Waals surface area contributed by atoms with Crippen molar-refractivity contribution in [3.63, 3.8) is 0 Å². The van der Waals surface area contributed by atoms with E-state index in [0.29, 0.717) is 18.2 Å². The zero-order valence-corrected chi connectivity index (χ0v) is 13.1. The van der Waals surface area contributed by atoms with Crippen molar-refractivity contribution in [2.24, 2.45) is 5.92 Å². The molecule has 0 atom stereocenters. The third-order valence-corrected chi connectivity index (χ3v) is 3.19. The highest BCUT2D eigenvalue weighted by Crippen LogP contribution is 2.11. The maximum absolute atomic E-state index is 11.8. The number of nitrogens with zero attached hydrogens (tertiary/aromatic N) is 1. The number of amides is 2. The van der Waals surface area contributed by atoms with Gasteiger partial charge in [-0.2, -0.15) is 5.26 Å². The van der Waals surface area contributed by atoms with Gasteiger partial charge in [0.15, 0.2) is 0 Å². The van der Waals surface area contributed by atoms with Gasteiger partial charge in [-0.3, -0.25) is 9.59 Å².